The van der Waals surface area contributed by atoms with Gasteiger partial charge < -0.3 is 4.90 Å². The minimum Gasteiger partial charge on any atom is -0.303 e. The molecule has 1 aromatic carbocycles. The van der Waals surface area contributed by atoms with Crippen LogP contribution >= 0.6 is 21.7 Å². The molecule has 0 aliphatic carbocycles. The fourth-order valence-electron chi connectivity index (χ4n) is 2.70. The molecule has 1 unspecified atom stereocenters. The van der Waals surface area contributed by atoms with Crippen LogP contribution < -0.4 is 0 Å². The zero-order valence-electron chi connectivity index (χ0n) is 10.7. The van der Waals surface area contributed by atoms with Crippen LogP contribution in [-0.2, 0) is 6.42 Å². The quantitative estimate of drug-likeness (QED) is 0.810. The van der Waals surface area contributed by atoms with Gasteiger partial charge in [-0.05, 0) is 83.7 Å². The molecule has 0 bridgehead atoms. The maximum Gasteiger partial charge on any atom is 0.123 e. The molecule has 1 atom stereocenters. The van der Waals surface area contributed by atoms with Gasteiger partial charge in [-0.15, -0.1) is 0 Å². The van der Waals surface area contributed by atoms with E-state index in [1.165, 1.54) is 36.4 Å². The number of likely N-dealkylation sites (tertiary alicyclic amines) is 1. The van der Waals surface area contributed by atoms with Crippen LogP contribution in [0.2, 0.25) is 0 Å². The Hall–Kier alpha value is -0.250. The molecule has 0 spiro atoms. The second-order valence-electron chi connectivity index (χ2n) is 4.93. The first-order valence-electron chi connectivity index (χ1n) is 6.52. The molecule has 1 aromatic rings. The zero-order valence-corrected chi connectivity index (χ0v) is 12.2. The summed E-state index contributed by atoms with van der Waals surface area (Å²) < 4.78 is 13.3. The molecular formula is C14H19ClFNS. The van der Waals surface area contributed by atoms with E-state index in [-0.39, 0.29) is 5.82 Å². The van der Waals surface area contributed by atoms with Gasteiger partial charge in [0.05, 0.1) is 0 Å². The van der Waals surface area contributed by atoms with Gasteiger partial charge in [0.1, 0.15) is 5.82 Å². The molecule has 1 aliphatic heterocycles. The van der Waals surface area contributed by atoms with E-state index >= 15 is 0 Å². The Balaban J connectivity index is 2.06. The molecule has 0 aromatic heterocycles. The van der Waals surface area contributed by atoms with Gasteiger partial charge in [-0.3, -0.25) is 0 Å². The molecule has 1 heterocycles. The molecule has 100 valence electrons. The first-order chi connectivity index (χ1) is 8.72. The molecule has 18 heavy (non-hydrogen) atoms. The summed E-state index contributed by atoms with van der Waals surface area (Å²) >= 11 is 0. The SMILES string of the molecule is CCN1CCCC(Cc2cc(F)ccc2SCl)C1. The van der Waals surface area contributed by atoms with Crippen LogP contribution in [0.3, 0.4) is 0 Å². The third-order valence-electron chi connectivity index (χ3n) is 3.66. The Morgan fingerprint density at radius 2 is 2.33 bits per heavy atom. The average Bonchev–Trinajstić information content (AvgIpc) is 2.39. The summed E-state index contributed by atoms with van der Waals surface area (Å²) in [4.78, 5) is 3.47. The van der Waals surface area contributed by atoms with Crippen molar-refractivity contribution in [3.05, 3.63) is 29.6 Å². The van der Waals surface area contributed by atoms with Crippen LogP contribution in [0.5, 0.6) is 0 Å². The van der Waals surface area contributed by atoms with Crippen LogP contribution in [0.4, 0.5) is 4.39 Å². The molecule has 1 aliphatic rings. The molecule has 4 heteroatoms. The minimum atomic E-state index is -0.164. The Morgan fingerprint density at radius 1 is 1.50 bits per heavy atom. The maximum absolute atomic E-state index is 13.3. The van der Waals surface area contributed by atoms with Crippen molar-refractivity contribution in [2.75, 3.05) is 19.6 Å². The van der Waals surface area contributed by atoms with Crippen molar-refractivity contribution >= 4 is 21.7 Å². The number of benzene rings is 1. The monoisotopic (exact) mass is 287 g/mol. The smallest absolute Gasteiger partial charge is 0.123 e. The summed E-state index contributed by atoms with van der Waals surface area (Å²) in [5.41, 5.74) is 1.05. The van der Waals surface area contributed by atoms with E-state index < -0.39 is 0 Å². The first kappa shape index (κ1) is 14.2. The molecular weight excluding hydrogens is 269 g/mol. The third kappa shape index (κ3) is 3.62. The standard InChI is InChI=1S/C14H19ClFNS/c1-2-17-7-3-4-11(10-17)8-12-9-13(16)5-6-14(12)18-15/h5-6,9,11H,2-4,7-8,10H2,1H3. The van der Waals surface area contributed by atoms with Crippen molar-refractivity contribution in [2.24, 2.45) is 5.92 Å². The molecule has 2 rings (SSSR count). The number of nitrogens with zero attached hydrogens (tertiary/aromatic N) is 1. The van der Waals surface area contributed by atoms with Gasteiger partial charge in [0.25, 0.3) is 0 Å². The lowest BCUT2D eigenvalue weighted by Gasteiger charge is -2.32. The van der Waals surface area contributed by atoms with Crippen LogP contribution in [0.15, 0.2) is 23.1 Å². The largest absolute Gasteiger partial charge is 0.303 e. The topological polar surface area (TPSA) is 3.24 Å². The van der Waals surface area contributed by atoms with Crippen molar-refractivity contribution in [3.63, 3.8) is 0 Å². The van der Waals surface area contributed by atoms with Gasteiger partial charge in [0, 0.05) is 11.4 Å². The predicted octanol–water partition coefficient (Wildman–Crippen LogP) is 4.35. The lowest BCUT2D eigenvalue weighted by molar-refractivity contribution is 0.182. The summed E-state index contributed by atoms with van der Waals surface area (Å²) in [6, 6.07) is 4.89. The highest BCUT2D eigenvalue weighted by Gasteiger charge is 2.20. The van der Waals surface area contributed by atoms with E-state index in [1.807, 2.05) is 0 Å². The predicted molar refractivity (Wildman–Crippen MR) is 76.7 cm³/mol. The van der Waals surface area contributed by atoms with Gasteiger partial charge in [-0.25, -0.2) is 4.39 Å². The maximum atomic E-state index is 13.3. The number of halogens is 2. The van der Waals surface area contributed by atoms with Crippen LogP contribution in [-0.4, -0.2) is 24.5 Å². The summed E-state index contributed by atoms with van der Waals surface area (Å²) in [6.45, 7) is 5.63. The van der Waals surface area contributed by atoms with Crippen LogP contribution in [0, 0.1) is 11.7 Å². The van der Waals surface area contributed by atoms with Gasteiger partial charge in [-0.2, -0.15) is 0 Å². The Labute approximate surface area is 117 Å². The van der Waals surface area contributed by atoms with Crippen molar-refractivity contribution in [2.45, 2.75) is 31.1 Å². The minimum absolute atomic E-state index is 0.164. The van der Waals surface area contributed by atoms with Crippen molar-refractivity contribution in [1.82, 2.24) is 4.90 Å². The second-order valence-corrected chi connectivity index (χ2v) is 5.99. The molecule has 1 fully saturated rings. The summed E-state index contributed by atoms with van der Waals surface area (Å²) in [5.74, 6) is 0.464. The zero-order chi connectivity index (χ0) is 13.0. The van der Waals surface area contributed by atoms with Crippen molar-refractivity contribution in [1.29, 1.82) is 0 Å². The number of rotatable bonds is 4. The van der Waals surface area contributed by atoms with E-state index in [4.69, 9.17) is 10.7 Å². The average molecular weight is 288 g/mol. The second kappa shape index (κ2) is 6.78. The first-order valence-corrected chi connectivity index (χ1v) is 8.16. The fraction of sp³-hybridized carbons (Fsp3) is 0.571. The highest BCUT2D eigenvalue weighted by molar-refractivity contribution is 8.21. The molecule has 0 saturated carbocycles. The molecule has 0 amide bonds. The van der Waals surface area contributed by atoms with Crippen molar-refractivity contribution < 1.29 is 4.39 Å². The van der Waals surface area contributed by atoms with E-state index in [0.29, 0.717) is 5.92 Å². The number of piperidine rings is 1. The van der Waals surface area contributed by atoms with E-state index in [9.17, 15) is 4.39 Å². The molecule has 1 saturated heterocycles. The van der Waals surface area contributed by atoms with Crippen LogP contribution in [0.25, 0.3) is 0 Å². The van der Waals surface area contributed by atoms with E-state index in [1.54, 1.807) is 12.1 Å². The summed E-state index contributed by atoms with van der Waals surface area (Å²) in [5, 5.41) is 0. The highest BCUT2D eigenvalue weighted by atomic mass is 35.7. The highest BCUT2D eigenvalue weighted by Crippen LogP contribution is 2.30. The Bertz CT molecular complexity index is 399. The fourth-order valence-corrected chi connectivity index (χ4v) is 3.51. The normalized spacial score (nSPS) is 21.2. The Morgan fingerprint density at radius 3 is 3.06 bits per heavy atom. The van der Waals surface area contributed by atoms with E-state index in [0.717, 1.165) is 30.0 Å². The Kier molecular flexibility index (Phi) is 5.34. The molecule has 1 nitrogen and oxygen atoms in total. The van der Waals surface area contributed by atoms with Gasteiger partial charge >= 0.3 is 0 Å². The lowest BCUT2D eigenvalue weighted by Crippen LogP contribution is -2.36. The number of hydrogen-bond acceptors (Lipinski definition) is 2. The third-order valence-corrected chi connectivity index (χ3v) is 4.73. The van der Waals surface area contributed by atoms with Gasteiger partial charge in [-0.1, -0.05) is 6.92 Å². The molecule has 0 radical (unpaired) electrons. The van der Waals surface area contributed by atoms with E-state index in [2.05, 4.69) is 11.8 Å². The van der Waals surface area contributed by atoms with Gasteiger partial charge in [0.15, 0.2) is 0 Å². The summed E-state index contributed by atoms with van der Waals surface area (Å²) in [6.07, 6.45) is 3.42. The van der Waals surface area contributed by atoms with Gasteiger partial charge in [0.2, 0.25) is 0 Å². The van der Waals surface area contributed by atoms with Crippen LogP contribution in [0.1, 0.15) is 25.3 Å². The lowest BCUT2D eigenvalue weighted by atomic mass is 9.91. The molecule has 0 N–H and O–H groups in total. The number of hydrogen-bond donors (Lipinski definition) is 0. The van der Waals surface area contributed by atoms with Crippen molar-refractivity contribution in [3.8, 4) is 0 Å². The summed E-state index contributed by atoms with van der Waals surface area (Å²) in [7, 11) is 7.03.